The molecule has 10 heteroatoms. The molecule has 1 rings (SSSR count). The fraction of sp³-hybridized carbons (Fsp3) is 0.538. The van der Waals surface area contributed by atoms with Crippen molar-refractivity contribution in [3.8, 4) is 5.75 Å². The predicted octanol–water partition coefficient (Wildman–Crippen LogP) is 2.99. The van der Waals surface area contributed by atoms with Crippen molar-refractivity contribution in [2.24, 2.45) is 0 Å². The number of nitrogens with one attached hydrogen (secondary N) is 1. The first-order valence-electron chi connectivity index (χ1n) is 6.81. The minimum absolute atomic E-state index is 0.178. The fourth-order valence-corrected chi connectivity index (χ4v) is 2.97. The van der Waals surface area contributed by atoms with Gasteiger partial charge in [-0.25, -0.2) is 0 Å². The van der Waals surface area contributed by atoms with E-state index in [4.69, 9.17) is 9.29 Å². The van der Waals surface area contributed by atoms with Crippen LogP contribution in [-0.4, -0.2) is 38.4 Å². The maximum Gasteiger partial charge on any atom is 0.416 e. The van der Waals surface area contributed by atoms with Gasteiger partial charge in [0.25, 0.3) is 0 Å². The van der Waals surface area contributed by atoms with E-state index < -0.39 is 20.9 Å². The molecule has 0 heterocycles. The maximum atomic E-state index is 12.5. The summed E-state index contributed by atoms with van der Waals surface area (Å²) in [5, 5.41) is 2.98. The Morgan fingerprint density at radius 2 is 1.96 bits per heavy atom. The number of alkyl halides is 3. The third-order valence-corrected chi connectivity index (χ3v) is 4.75. The molecule has 23 heavy (non-hydrogen) atoms. The molecule has 2 N–H and O–H groups in total. The normalized spacial score (nSPS) is 12.3. The average Bonchev–Trinajstić information content (AvgIpc) is 2.44. The van der Waals surface area contributed by atoms with E-state index in [-0.39, 0.29) is 11.5 Å². The van der Waals surface area contributed by atoms with E-state index in [0.717, 1.165) is 18.6 Å². The van der Waals surface area contributed by atoms with Crippen molar-refractivity contribution in [1.82, 2.24) is 5.32 Å². The van der Waals surface area contributed by atoms with Gasteiger partial charge >= 0.3 is 15.3 Å². The van der Waals surface area contributed by atoms with Crippen molar-refractivity contribution in [2.45, 2.75) is 19.0 Å². The lowest BCUT2D eigenvalue weighted by Crippen LogP contribution is -2.19. The van der Waals surface area contributed by atoms with Crippen LogP contribution >= 0.6 is 10.8 Å². The summed E-state index contributed by atoms with van der Waals surface area (Å²) in [7, 11) is -3.54. The molecule has 0 unspecified atom stereocenters. The van der Waals surface area contributed by atoms with E-state index in [1.54, 1.807) is 0 Å². The Bertz CT molecular complexity index is 579. The van der Waals surface area contributed by atoms with Crippen LogP contribution in [0.4, 0.5) is 13.2 Å². The first-order valence-corrected chi connectivity index (χ1v) is 9.75. The Hall–Kier alpha value is -0.970. The molecule has 0 spiro atoms. The molecule has 0 atom stereocenters. The smallest absolute Gasteiger partial charge is 0.416 e. The highest BCUT2D eigenvalue weighted by molar-refractivity contribution is 8.69. The van der Waals surface area contributed by atoms with E-state index in [0.29, 0.717) is 36.9 Å². The zero-order valence-corrected chi connectivity index (χ0v) is 13.8. The summed E-state index contributed by atoms with van der Waals surface area (Å²) in [6.45, 7) is 1.35. The number of halogens is 3. The summed E-state index contributed by atoms with van der Waals surface area (Å²) in [6.07, 6.45) is -3.01. The molecule has 0 fully saturated rings. The van der Waals surface area contributed by atoms with Crippen LogP contribution in [0.25, 0.3) is 0 Å². The molecule has 0 aliphatic rings. The Morgan fingerprint density at radius 3 is 2.61 bits per heavy atom. The summed E-state index contributed by atoms with van der Waals surface area (Å²) in [5.41, 5.74) is -0.743. The minimum Gasteiger partial charge on any atom is -0.494 e. The Labute approximate surface area is 136 Å². The molecule has 0 saturated carbocycles. The average molecular weight is 373 g/mol. The number of benzene rings is 1. The molecule has 0 bridgehead atoms. The van der Waals surface area contributed by atoms with Crippen molar-refractivity contribution in [3.05, 3.63) is 29.8 Å². The Kier molecular flexibility index (Phi) is 8.17. The van der Waals surface area contributed by atoms with Gasteiger partial charge in [-0.15, -0.1) is 0 Å². The van der Waals surface area contributed by atoms with Crippen molar-refractivity contribution >= 4 is 19.9 Å². The highest BCUT2D eigenvalue weighted by Gasteiger charge is 2.30. The molecule has 0 aliphatic heterocycles. The summed E-state index contributed by atoms with van der Waals surface area (Å²) in [5.74, 6) is 0.414. The van der Waals surface area contributed by atoms with Crippen LogP contribution in [-0.2, 0) is 15.3 Å². The second-order valence-electron chi connectivity index (χ2n) is 4.58. The summed E-state index contributed by atoms with van der Waals surface area (Å²) < 4.78 is 72.2. The van der Waals surface area contributed by atoms with Gasteiger partial charge in [0.05, 0.1) is 12.2 Å². The van der Waals surface area contributed by atoms with Crippen LogP contribution in [0.2, 0.25) is 0 Å². The molecule has 0 aliphatic carbocycles. The van der Waals surface area contributed by atoms with E-state index in [9.17, 15) is 21.6 Å². The number of rotatable bonds is 10. The first-order chi connectivity index (χ1) is 10.7. The van der Waals surface area contributed by atoms with Crippen LogP contribution in [0.15, 0.2) is 24.3 Å². The van der Waals surface area contributed by atoms with Gasteiger partial charge in [-0.1, -0.05) is 6.07 Å². The topological polar surface area (TPSA) is 75.6 Å². The van der Waals surface area contributed by atoms with E-state index in [1.165, 1.54) is 12.1 Å². The molecule has 1 aromatic carbocycles. The molecule has 0 amide bonds. The van der Waals surface area contributed by atoms with Crippen molar-refractivity contribution in [3.63, 3.8) is 0 Å². The third kappa shape index (κ3) is 9.69. The molecule has 1 aromatic rings. The van der Waals surface area contributed by atoms with Gasteiger partial charge in [0.1, 0.15) is 5.75 Å². The summed E-state index contributed by atoms with van der Waals surface area (Å²) >= 11 is 0. The van der Waals surface area contributed by atoms with Crippen LogP contribution in [0.1, 0.15) is 18.4 Å². The van der Waals surface area contributed by atoms with Crippen molar-refractivity contribution in [2.75, 3.05) is 25.4 Å². The highest BCUT2D eigenvalue weighted by Crippen LogP contribution is 2.31. The zero-order chi connectivity index (χ0) is 17.3. The van der Waals surface area contributed by atoms with Crippen LogP contribution in [0.3, 0.4) is 0 Å². The second-order valence-corrected chi connectivity index (χ2v) is 8.05. The minimum atomic E-state index is -4.39. The van der Waals surface area contributed by atoms with E-state index >= 15 is 0 Å². The van der Waals surface area contributed by atoms with Gasteiger partial charge < -0.3 is 10.1 Å². The third-order valence-electron chi connectivity index (χ3n) is 2.69. The molecule has 132 valence electrons. The van der Waals surface area contributed by atoms with Crippen molar-refractivity contribution < 1.29 is 30.9 Å². The predicted molar refractivity (Wildman–Crippen MR) is 83.0 cm³/mol. The van der Waals surface area contributed by atoms with E-state index in [1.807, 2.05) is 0 Å². The number of hydrogen-bond donors (Lipinski definition) is 2. The monoisotopic (exact) mass is 373 g/mol. The van der Waals surface area contributed by atoms with E-state index in [2.05, 4.69) is 5.32 Å². The van der Waals surface area contributed by atoms with Crippen molar-refractivity contribution in [1.29, 1.82) is 0 Å². The molecule has 0 radical (unpaired) electrons. The molecule has 0 aromatic heterocycles. The fourth-order valence-electron chi connectivity index (χ4n) is 1.65. The lowest BCUT2D eigenvalue weighted by molar-refractivity contribution is -0.137. The molecule has 5 nitrogen and oxygen atoms in total. The summed E-state index contributed by atoms with van der Waals surface area (Å²) in [4.78, 5) is 0. The summed E-state index contributed by atoms with van der Waals surface area (Å²) in [6, 6.07) is 4.72. The highest BCUT2D eigenvalue weighted by atomic mass is 33.1. The lowest BCUT2D eigenvalue weighted by atomic mass is 10.2. The first kappa shape index (κ1) is 20.1. The number of hydrogen-bond acceptors (Lipinski definition) is 5. The number of unbranched alkanes of at least 4 members (excludes halogenated alkanes) is 1. The van der Waals surface area contributed by atoms with Gasteiger partial charge in [-0.3, -0.25) is 4.55 Å². The van der Waals surface area contributed by atoms with Crippen LogP contribution in [0.5, 0.6) is 5.75 Å². The molecular weight excluding hydrogens is 355 g/mol. The van der Waals surface area contributed by atoms with Gasteiger partial charge in [0.2, 0.25) is 0 Å². The van der Waals surface area contributed by atoms with Crippen LogP contribution in [0, 0.1) is 0 Å². The van der Waals surface area contributed by atoms with Gasteiger partial charge in [-0.05, 0) is 48.4 Å². The van der Waals surface area contributed by atoms with Gasteiger partial charge in [0, 0.05) is 12.3 Å². The quantitative estimate of drug-likeness (QED) is 0.373. The molecule has 0 saturated heterocycles. The molecular formula is C13H18F3NO4S2. The lowest BCUT2D eigenvalue weighted by Gasteiger charge is -2.10. The second kappa shape index (κ2) is 9.36. The van der Waals surface area contributed by atoms with Gasteiger partial charge in [-0.2, -0.15) is 21.6 Å². The Balaban J connectivity index is 2.12. The SMILES string of the molecule is O=S(=O)(O)SCCNCCCCOc1cccc(C(F)(F)F)c1. The van der Waals surface area contributed by atoms with Gasteiger partial charge in [0.15, 0.2) is 0 Å². The largest absolute Gasteiger partial charge is 0.494 e. The maximum absolute atomic E-state index is 12.5. The zero-order valence-electron chi connectivity index (χ0n) is 12.2. The Morgan fingerprint density at radius 1 is 1.22 bits per heavy atom. The number of ether oxygens (including phenoxy) is 1. The van der Waals surface area contributed by atoms with Crippen LogP contribution < -0.4 is 10.1 Å². The standard InChI is InChI=1S/C13H18F3NO4S2/c14-13(15,16)11-4-3-5-12(10-11)21-8-2-1-6-17-7-9-22-23(18,19)20/h3-5,10,17H,1-2,6-9H2,(H,18,19,20).